The van der Waals surface area contributed by atoms with Gasteiger partial charge in [0.2, 0.25) is 14.2 Å². The molecule has 0 N–H and O–H groups in total. The minimum Gasteiger partial charge on any atom is -0.442 e. The van der Waals surface area contributed by atoms with E-state index in [0.29, 0.717) is 50.9 Å². The Kier molecular flexibility index (Phi) is 5.71. The van der Waals surface area contributed by atoms with Gasteiger partial charge in [0.25, 0.3) is 8.32 Å². The maximum atomic E-state index is 6.47. The minimum absolute atomic E-state index is 0.145. The number of hydrogen-bond acceptors (Lipinski definition) is 12. The monoisotopic (exact) mass is 646 g/mol. The lowest BCUT2D eigenvalue weighted by Gasteiger charge is -2.21. The molecular weight excluding hydrogens is 621 g/mol. The van der Waals surface area contributed by atoms with Crippen molar-refractivity contribution in [3.63, 3.8) is 0 Å². The molecule has 46 heavy (non-hydrogen) atoms. The van der Waals surface area contributed by atoms with Gasteiger partial charge in [-0.05, 0) is 50.5 Å². The molecule has 0 amide bonds. The average Bonchev–Trinajstić information content (AvgIpc) is 3.86. The molecular formula is C30H26N10O4Si2. The van der Waals surface area contributed by atoms with Gasteiger partial charge in [0.05, 0.1) is 47.2 Å². The molecule has 0 spiro atoms. The Hall–Kier alpha value is -5.17. The van der Waals surface area contributed by atoms with E-state index in [1.807, 2.05) is 46.5 Å². The number of benzene rings is 2. The van der Waals surface area contributed by atoms with Crippen LogP contribution in [0.2, 0.25) is 26.2 Å². The fourth-order valence-electron chi connectivity index (χ4n) is 5.63. The maximum Gasteiger partial charge on any atom is 0.283 e. The van der Waals surface area contributed by atoms with E-state index in [1.165, 1.54) is 0 Å². The number of oxazole rings is 2. The summed E-state index contributed by atoms with van der Waals surface area (Å²) in [5.74, 6) is 1.65. The van der Waals surface area contributed by atoms with Crippen LogP contribution >= 0.6 is 0 Å². The normalized spacial score (nSPS) is 16.3. The molecule has 3 aliphatic rings. The summed E-state index contributed by atoms with van der Waals surface area (Å²) in [6.07, 6.45) is 10.4. The van der Waals surface area contributed by atoms with Gasteiger partial charge in [-0.25, -0.2) is 29.9 Å². The Balaban J connectivity index is 1.20. The lowest BCUT2D eigenvalue weighted by Crippen LogP contribution is -2.46. The zero-order valence-electron chi connectivity index (χ0n) is 25.3. The smallest absolute Gasteiger partial charge is 0.283 e. The van der Waals surface area contributed by atoms with Gasteiger partial charge in [0.15, 0.2) is 28.3 Å². The molecule has 6 aromatic heterocycles. The maximum absolute atomic E-state index is 6.47. The van der Waals surface area contributed by atoms with Gasteiger partial charge in [0.1, 0.15) is 41.3 Å². The van der Waals surface area contributed by atoms with Crippen molar-refractivity contribution >= 4 is 71.7 Å². The number of fused-ring (bicyclic) bond motifs is 2. The van der Waals surface area contributed by atoms with Gasteiger partial charge in [-0.3, -0.25) is 19.1 Å². The molecule has 9 heterocycles. The standard InChI is InChI=1S/C30H26N10O4Si2/c1-45(2)25-12-33-23(11-34-25)40-16-36-19-6-8-21-27(29(19)40)38-30(44-21)46(3,4)42-14-24-37-26-20(43-24)7-5-18-28(26)39(15-35-18)22-10-31-17(9-32-22)13-41-45/h5-12,15-16H,13-14H2,1-4H3. The van der Waals surface area contributed by atoms with Crippen LogP contribution in [0.25, 0.3) is 55.9 Å². The Morgan fingerprint density at radius 2 is 1.24 bits per heavy atom. The van der Waals surface area contributed by atoms with Crippen molar-refractivity contribution in [1.29, 1.82) is 0 Å². The topological polar surface area (TPSA) is 158 Å². The molecule has 11 rings (SSSR count). The fourth-order valence-corrected chi connectivity index (χ4v) is 8.38. The summed E-state index contributed by atoms with van der Waals surface area (Å²) in [4.78, 5) is 37.8. The second-order valence-corrected chi connectivity index (χ2v) is 19.7. The highest BCUT2D eigenvalue weighted by atomic mass is 28.4. The summed E-state index contributed by atoms with van der Waals surface area (Å²) in [7, 11) is -5.12. The molecule has 0 fully saturated rings. The van der Waals surface area contributed by atoms with Crippen molar-refractivity contribution in [3.05, 3.63) is 73.3 Å². The summed E-state index contributed by atoms with van der Waals surface area (Å²) in [6, 6.07) is 7.56. The number of imidazole rings is 2. The first-order valence-corrected chi connectivity index (χ1v) is 20.5. The second kappa shape index (κ2) is 9.67. The zero-order valence-corrected chi connectivity index (χ0v) is 27.3. The van der Waals surface area contributed by atoms with Gasteiger partial charge in [-0.15, -0.1) is 0 Å². The van der Waals surface area contributed by atoms with Crippen LogP contribution in [0.5, 0.6) is 0 Å². The largest absolute Gasteiger partial charge is 0.442 e. The molecule has 0 saturated carbocycles. The minimum atomic E-state index is -2.67. The van der Waals surface area contributed by atoms with Gasteiger partial charge in [-0.1, -0.05) is 0 Å². The highest BCUT2D eigenvalue weighted by Crippen LogP contribution is 2.29. The van der Waals surface area contributed by atoms with Crippen LogP contribution < -0.4 is 10.8 Å². The van der Waals surface area contributed by atoms with E-state index in [9.17, 15) is 0 Å². The van der Waals surface area contributed by atoms with Gasteiger partial charge >= 0.3 is 0 Å². The summed E-state index contributed by atoms with van der Waals surface area (Å²) in [6.45, 7) is 8.66. The van der Waals surface area contributed by atoms with E-state index in [4.69, 9.17) is 37.6 Å². The van der Waals surface area contributed by atoms with Crippen molar-refractivity contribution < 1.29 is 17.7 Å². The van der Waals surface area contributed by atoms with Crippen molar-refractivity contribution in [2.24, 2.45) is 0 Å². The lowest BCUT2D eigenvalue weighted by atomic mass is 10.3. The molecule has 16 heteroatoms. The summed E-state index contributed by atoms with van der Waals surface area (Å²) >= 11 is 0. The van der Waals surface area contributed by atoms with Gasteiger partial charge in [0, 0.05) is 6.20 Å². The van der Waals surface area contributed by atoms with Crippen LogP contribution in [0, 0.1) is 0 Å². The van der Waals surface area contributed by atoms with E-state index in [0.717, 1.165) is 27.4 Å². The third-order valence-corrected chi connectivity index (χ3v) is 12.7. The van der Waals surface area contributed by atoms with Crippen molar-refractivity contribution in [3.8, 4) is 11.6 Å². The first-order valence-electron chi connectivity index (χ1n) is 14.7. The van der Waals surface area contributed by atoms with E-state index < -0.39 is 16.6 Å². The molecule has 0 saturated heterocycles. The van der Waals surface area contributed by atoms with Crippen molar-refractivity contribution in [1.82, 2.24) is 49.0 Å². The number of hydrogen-bond donors (Lipinski definition) is 0. The van der Waals surface area contributed by atoms with Crippen molar-refractivity contribution in [2.75, 3.05) is 0 Å². The van der Waals surface area contributed by atoms with Crippen LogP contribution in [0.3, 0.4) is 0 Å². The van der Waals surface area contributed by atoms with Crippen LogP contribution in [-0.4, -0.2) is 65.6 Å². The highest BCUT2D eigenvalue weighted by molar-refractivity contribution is 6.83. The quantitative estimate of drug-likeness (QED) is 0.220. The number of nitrogens with zero attached hydrogens (tertiary/aromatic N) is 10. The molecule has 14 nitrogen and oxygen atoms in total. The molecule has 0 atom stereocenters. The highest BCUT2D eigenvalue weighted by Gasteiger charge is 2.34. The van der Waals surface area contributed by atoms with Gasteiger partial charge in [-0.2, -0.15) is 0 Å². The van der Waals surface area contributed by atoms with Crippen LogP contribution in [0.15, 0.2) is 70.5 Å². The Bertz CT molecular complexity index is 2450. The molecule has 0 aliphatic carbocycles. The lowest BCUT2D eigenvalue weighted by molar-refractivity contribution is 0.260. The Morgan fingerprint density at radius 1 is 0.609 bits per heavy atom. The first-order chi connectivity index (χ1) is 22.2. The first kappa shape index (κ1) is 27.2. The SMILES string of the molecule is C[Si]1(C)OCc2cnc(cn2)-n2cnc3ccc4oc(nc4c32)CO[Si](C)(C)c2nc3c(ccc4ncn(c43)-c3cnc1cn3)o2. The summed E-state index contributed by atoms with van der Waals surface area (Å²) in [5, 5.41) is 0.805. The average molecular weight is 647 g/mol. The Labute approximate surface area is 262 Å². The predicted octanol–water partition coefficient (Wildman–Crippen LogP) is 3.80. The molecule has 0 unspecified atom stereocenters. The van der Waals surface area contributed by atoms with Gasteiger partial charge < -0.3 is 17.7 Å². The molecule has 8 aromatic rings. The number of aromatic nitrogens is 10. The van der Waals surface area contributed by atoms with Crippen LogP contribution in [0.4, 0.5) is 0 Å². The third-order valence-electron chi connectivity index (χ3n) is 8.27. The predicted molar refractivity (Wildman–Crippen MR) is 172 cm³/mol. The molecule has 228 valence electrons. The van der Waals surface area contributed by atoms with E-state index in [2.05, 4.69) is 33.0 Å². The van der Waals surface area contributed by atoms with Crippen LogP contribution in [-0.2, 0) is 22.1 Å². The molecule has 2 aromatic carbocycles. The summed E-state index contributed by atoms with van der Waals surface area (Å²) < 4.78 is 29.1. The zero-order chi connectivity index (χ0) is 31.2. The van der Waals surface area contributed by atoms with E-state index in [-0.39, 0.29) is 13.2 Å². The fraction of sp³-hybridized carbons (Fsp3) is 0.200. The van der Waals surface area contributed by atoms with E-state index >= 15 is 0 Å². The van der Waals surface area contributed by atoms with Crippen LogP contribution in [0.1, 0.15) is 11.6 Å². The molecule has 3 aliphatic heterocycles. The number of rotatable bonds is 0. The third kappa shape index (κ3) is 4.22. The van der Waals surface area contributed by atoms with Crippen molar-refractivity contribution in [2.45, 2.75) is 39.4 Å². The van der Waals surface area contributed by atoms with E-state index in [1.54, 1.807) is 37.4 Å². The molecule has 0 radical (unpaired) electrons. The summed E-state index contributed by atoms with van der Waals surface area (Å²) in [5.41, 5.74) is 6.92. The Morgan fingerprint density at radius 3 is 1.89 bits per heavy atom. The molecule has 8 bridgehead atoms. The second-order valence-electron chi connectivity index (χ2n) is 12.1.